The lowest BCUT2D eigenvalue weighted by molar-refractivity contribution is 0.0671. The quantitative estimate of drug-likeness (QED) is 0.772. The normalized spacial score (nSPS) is 14.7. The number of carbonyl (C=O) groups excluding carboxylic acids is 2. The van der Waals surface area contributed by atoms with Crippen LogP contribution in [0.2, 0.25) is 0 Å². The summed E-state index contributed by atoms with van der Waals surface area (Å²) in [7, 11) is 0. The Hall–Kier alpha value is -2.47. The molecular weight excluding hydrogens is 370 g/mol. The Morgan fingerprint density at radius 2 is 1.43 bits per heavy atom. The summed E-state index contributed by atoms with van der Waals surface area (Å²) in [5, 5.41) is 2.95. The van der Waals surface area contributed by atoms with Crippen LogP contribution in [0, 0.1) is 0 Å². The first-order chi connectivity index (χ1) is 13.3. The van der Waals surface area contributed by atoms with Crippen LogP contribution in [0.5, 0.6) is 0 Å². The highest BCUT2D eigenvalue weighted by atomic mass is 32.2. The molecule has 3 amide bonds. The Bertz CT molecular complexity index is 808. The second-order valence-electron chi connectivity index (χ2n) is 7.81. The van der Waals surface area contributed by atoms with E-state index >= 15 is 0 Å². The zero-order valence-electron chi connectivity index (χ0n) is 16.6. The third kappa shape index (κ3) is 5.52. The van der Waals surface area contributed by atoms with Crippen LogP contribution in [0.4, 0.5) is 10.5 Å². The van der Waals surface area contributed by atoms with Crippen LogP contribution in [0.3, 0.4) is 0 Å². The van der Waals surface area contributed by atoms with Crippen LogP contribution in [0.25, 0.3) is 0 Å². The van der Waals surface area contributed by atoms with E-state index in [1.807, 2.05) is 54.6 Å². The monoisotopic (exact) mass is 397 g/mol. The zero-order valence-corrected chi connectivity index (χ0v) is 17.5. The van der Waals surface area contributed by atoms with Gasteiger partial charge in [-0.3, -0.25) is 4.79 Å². The molecule has 3 rings (SSSR count). The second kappa shape index (κ2) is 8.69. The lowest BCUT2D eigenvalue weighted by Crippen LogP contribution is -2.51. The summed E-state index contributed by atoms with van der Waals surface area (Å²) in [6.45, 7) is 8.68. The van der Waals surface area contributed by atoms with Crippen LogP contribution in [0.15, 0.2) is 59.5 Å². The smallest absolute Gasteiger partial charge is 0.321 e. The van der Waals surface area contributed by atoms with Gasteiger partial charge in [0, 0.05) is 47.1 Å². The van der Waals surface area contributed by atoms with Crippen molar-refractivity contribution in [2.75, 3.05) is 31.5 Å². The molecule has 0 saturated carbocycles. The molecule has 28 heavy (non-hydrogen) atoms. The number of hydrogen-bond acceptors (Lipinski definition) is 3. The first kappa shape index (κ1) is 20.3. The number of nitrogens with zero attached hydrogens (tertiary/aromatic N) is 2. The van der Waals surface area contributed by atoms with Crippen LogP contribution in [0.1, 0.15) is 31.1 Å². The van der Waals surface area contributed by atoms with E-state index in [-0.39, 0.29) is 16.7 Å². The Morgan fingerprint density at radius 1 is 0.857 bits per heavy atom. The molecule has 1 saturated heterocycles. The topological polar surface area (TPSA) is 52.7 Å². The van der Waals surface area contributed by atoms with Gasteiger partial charge in [0.15, 0.2) is 0 Å². The number of amides is 3. The fourth-order valence-corrected chi connectivity index (χ4v) is 4.02. The van der Waals surface area contributed by atoms with E-state index in [1.54, 1.807) is 21.6 Å². The van der Waals surface area contributed by atoms with E-state index in [1.165, 1.54) is 4.90 Å². The molecule has 0 atom stereocenters. The van der Waals surface area contributed by atoms with Crippen molar-refractivity contribution in [3.8, 4) is 0 Å². The lowest BCUT2D eigenvalue weighted by Gasteiger charge is -2.34. The minimum atomic E-state index is -0.122. The van der Waals surface area contributed by atoms with Crippen molar-refractivity contribution in [3.05, 3.63) is 60.2 Å². The molecule has 2 aromatic carbocycles. The molecule has 0 bridgehead atoms. The SMILES string of the molecule is CC(C)(C)Sc1ccc(NC(=O)N2CCN(C(=O)c3ccccc3)CC2)cc1. The number of piperazine rings is 1. The molecule has 0 radical (unpaired) electrons. The maximum atomic E-state index is 12.5. The van der Waals surface area contributed by atoms with Crippen molar-refractivity contribution in [2.45, 2.75) is 30.4 Å². The van der Waals surface area contributed by atoms with Crippen molar-refractivity contribution >= 4 is 29.4 Å². The van der Waals surface area contributed by atoms with Gasteiger partial charge >= 0.3 is 6.03 Å². The van der Waals surface area contributed by atoms with Crippen molar-refractivity contribution < 1.29 is 9.59 Å². The number of thioether (sulfide) groups is 1. The number of nitrogens with one attached hydrogen (secondary N) is 1. The second-order valence-corrected chi connectivity index (χ2v) is 9.71. The van der Waals surface area contributed by atoms with E-state index in [0.717, 1.165) is 5.69 Å². The van der Waals surface area contributed by atoms with E-state index in [0.29, 0.717) is 31.7 Å². The minimum Gasteiger partial charge on any atom is -0.335 e. The van der Waals surface area contributed by atoms with E-state index in [4.69, 9.17) is 0 Å². The first-order valence-electron chi connectivity index (χ1n) is 9.51. The fraction of sp³-hybridized carbons (Fsp3) is 0.364. The Labute approximate surface area is 171 Å². The maximum absolute atomic E-state index is 12.5. The summed E-state index contributed by atoms with van der Waals surface area (Å²) < 4.78 is 0.154. The molecule has 1 aliphatic heterocycles. The Balaban J connectivity index is 1.51. The summed E-state index contributed by atoms with van der Waals surface area (Å²) in [6, 6.07) is 17.1. The average molecular weight is 398 g/mol. The summed E-state index contributed by atoms with van der Waals surface area (Å²) in [5.41, 5.74) is 1.47. The third-order valence-corrected chi connectivity index (χ3v) is 5.52. The number of carbonyl (C=O) groups is 2. The maximum Gasteiger partial charge on any atom is 0.321 e. The average Bonchev–Trinajstić information content (AvgIpc) is 2.68. The molecule has 5 nitrogen and oxygen atoms in total. The largest absolute Gasteiger partial charge is 0.335 e. The highest BCUT2D eigenvalue weighted by Crippen LogP contribution is 2.32. The summed E-state index contributed by atoms with van der Waals surface area (Å²) in [6.07, 6.45) is 0. The lowest BCUT2D eigenvalue weighted by atomic mass is 10.2. The van der Waals surface area contributed by atoms with Crippen molar-refractivity contribution in [3.63, 3.8) is 0 Å². The van der Waals surface area contributed by atoms with Gasteiger partial charge in [-0.1, -0.05) is 39.0 Å². The van der Waals surface area contributed by atoms with Gasteiger partial charge in [-0.2, -0.15) is 0 Å². The molecule has 1 fully saturated rings. The summed E-state index contributed by atoms with van der Waals surface area (Å²) in [5.74, 6) is 0.0209. The van der Waals surface area contributed by atoms with Crippen LogP contribution < -0.4 is 5.32 Å². The number of rotatable bonds is 3. The predicted molar refractivity (Wildman–Crippen MR) is 115 cm³/mol. The van der Waals surface area contributed by atoms with Gasteiger partial charge in [-0.05, 0) is 36.4 Å². The van der Waals surface area contributed by atoms with Gasteiger partial charge < -0.3 is 15.1 Å². The van der Waals surface area contributed by atoms with Gasteiger partial charge in [-0.15, -0.1) is 11.8 Å². The summed E-state index contributed by atoms with van der Waals surface area (Å²) in [4.78, 5) is 29.8. The first-order valence-corrected chi connectivity index (χ1v) is 10.3. The molecular formula is C22H27N3O2S. The van der Waals surface area contributed by atoms with E-state index in [2.05, 4.69) is 26.1 Å². The summed E-state index contributed by atoms with van der Waals surface area (Å²) >= 11 is 1.80. The standard InChI is InChI=1S/C22H27N3O2S/c1-22(2,3)28-19-11-9-18(10-12-19)23-21(27)25-15-13-24(14-16-25)20(26)17-7-5-4-6-8-17/h4-12H,13-16H2,1-3H3,(H,23,27). The molecule has 0 aromatic heterocycles. The highest BCUT2D eigenvalue weighted by molar-refractivity contribution is 8.00. The van der Waals surface area contributed by atoms with Crippen LogP contribution >= 0.6 is 11.8 Å². The van der Waals surface area contributed by atoms with Crippen molar-refractivity contribution in [1.82, 2.24) is 9.80 Å². The number of hydrogen-bond donors (Lipinski definition) is 1. The third-order valence-electron chi connectivity index (χ3n) is 4.40. The van der Waals surface area contributed by atoms with Crippen molar-refractivity contribution in [2.24, 2.45) is 0 Å². The Kier molecular flexibility index (Phi) is 6.29. The molecule has 6 heteroatoms. The van der Waals surface area contributed by atoms with Crippen LogP contribution in [-0.4, -0.2) is 52.7 Å². The van der Waals surface area contributed by atoms with Gasteiger partial charge in [0.2, 0.25) is 0 Å². The minimum absolute atomic E-state index is 0.0209. The van der Waals surface area contributed by atoms with E-state index < -0.39 is 0 Å². The molecule has 1 N–H and O–H groups in total. The predicted octanol–water partition coefficient (Wildman–Crippen LogP) is 4.57. The molecule has 2 aromatic rings. The molecule has 1 heterocycles. The highest BCUT2D eigenvalue weighted by Gasteiger charge is 2.24. The molecule has 0 aliphatic carbocycles. The fourth-order valence-electron chi connectivity index (χ4n) is 3.04. The molecule has 0 spiro atoms. The number of benzene rings is 2. The van der Waals surface area contributed by atoms with Gasteiger partial charge in [0.25, 0.3) is 5.91 Å². The molecule has 148 valence electrons. The van der Waals surface area contributed by atoms with E-state index in [9.17, 15) is 9.59 Å². The van der Waals surface area contributed by atoms with Gasteiger partial charge in [0.05, 0.1) is 0 Å². The Morgan fingerprint density at radius 3 is 2.00 bits per heavy atom. The van der Waals surface area contributed by atoms with Gasteiger partial charge in [-0.25, -0.2) is 4.79 Å². The number of urea groups is 1. The molecule has 0 unspecified atom stereocenters. The number of anilines is 1. The van der Waals surface area contributed by atoms with Gasteiger partial charge in [0.1, 0.15) is 0 Å². The molecule has 1 aliphatic rings. The zero-order chi connectivity index (χ0) is 20.1. The van der Waals surface area contributed by atoms with Crippen LogP contribution in [-0.2, 0) is 0 Å². The van der Waals surface area contributed by atoms with Crippen molar-refractivity contribution in [1.29, 1.82) is 0 Å².